The quantitative estimate of drug-likeness (QED) is 0.802. The van der Waals surface area contributed by atoms with Crippen LogP contribution in [0.2, 0.25) is 5.02 Å². The largest absolute Gasteiger partial charge is 0.481 e. The normalized spacial score (nSPS) is 10.1. The van der Waals surface area contributed by atoms with Gasteiger partial charge in [-0.3, -0.25) is 4.79 Å². The van der Waals surface area contributed by atoms with Crippen molar-refractivity contribution in [2.24, 2.45) is 0 Å². The summed E-state index contributed by atoms with van der Waals surface area (Å²) in [6, 6.07) is 9.70. The summed E-state index contributed by atoms with van der Waals surface area (Å²) in [6.07, 6.45) is -0.0999. The Morgan fingerprint density at radius 2 is 1.77 bits per heavy atom. The number of nitrogens with one attached hydrogen (secondary N) is 2. The van der Waals surface area contributed by atoms with Gasteiger partial charge in [-0.2, -0.15) is 0 Å². The summed E-state index contributed by atoms with van der Waals surface area (Å²) in [5, 5.41) is 13.6. The molecular formula is C15H12ClFN2O3. The van der Waals surface area contributed by atoms with E-state index in [0.29, 0.717) is 11.3 Å². The van der Waals surface area contributed by atoms with Crippen LogP contribution in [0.1, 0.15) is 5.56 Å². The lowest BCUT2D eigenvalue weighted by atomic mass is 10.1. The van der Waals surface area contributed by atoms with Crippen molar-refractivity contribution in [2.45, 2.75) is 6.42 Å². The number of hydrogen-bond acceptors (Lipinski definition) is 2. The second-order valence-electron chi connectivity index (χ2n) is 4.44. The van der Waals surface area contributed by atoms with Gasteiger partial charge in [0.2, 0.25) is 0 Å². The SMILES string of the molecule is O=C(O)Cc1ccc(NC(=O)Nc2c(F)cccc2Cl)cc1. The van der Waals surface area contributed by atoms with Crippen LogP contribution in [0.15, 0.2) is 42.5 Å². The maximum absolute atomic E-state index is 13.5. The van der Waals surface area contributed by atoms with Gasteiger partial charge >= 0.3 is 12.0 Å². The third-order valence-corrected chi connectivity index (χ3v) is 3.08. The summed E-state index contributed by atoms with van der Waals surface area (Å²) in [5.41, 5.74) is 0.943. The molecule has 2 aromatic carbocycles. The molecule has 0 aliphatic heterocycles. The number of carboxylic acid groups (broad SMARTS) is 1. The summed E-state index contributed by atoms with van der Waals surface area (Å²) in [5.74, 6) is -1.58. The third kappa shape index (κ3) is 4.20. The zero-order valence-corrected chi connectivity index (χ0v) is 12.0. The zero-order chi connectivity index (χ0) is 16.1. The van der Waals surface area contributed by atoms with Gasteiger partial charge in [-0.15, -0.1) is 0 Å². The van der Waals surface area contributed by atoms with Crippen molar-refractivity contribution in [1.29, 1.82) is 0 Å². The Balaban J connectivity index is 2.01. The molecule has 0 radical (unpaired) electrons. The molecule has 0 aromatic heterocycles. The molecule has 0 aliphatic rings. The molecule has 0 fully saturated rings. The molecule has 3 N–H and O–H groups in total. The monoisotopic (exact) mass is 322 g/mol. The van der Waals surface area contributed by atoms with Crippen LogP contribution in [0.25, 0.3) is 0 Å². The van der Waals surface area contributed by atoms with Crippen molar-refractivity contribution in [3.05, 3.63) is 58.9 Å². The van der Waals surface area contributed by atoms with Crippen LogP contribution >= 0.6 is 11.6 Å². The molecule has 114 valence electrons. The van der Waals surface area contributed by atoms with E-state index in [0.717, 1.165) is 0 Å². The average molecular weight is 323 g/mol. The maximum Gasteiger partial charge on any atom is 0.323 e. The summed E-state index contributed by atoms with van der Waals surface area (Å²) >= 11 is 5.81. The molecule has 2 aromatic rings. The van der Waals surface area contributed by atoms with Gasteiger partial charge in [-0.25, -0.2) is 9.18 Å². The van der Waals surface area contributed by atoms with Gasteiger partial charge in [0.1, 0.15) is 5.82 Å². The number of carboxylic acids is 1. The van der Waals surface area contributed by atoms with E-state index in [4.69, 9.17) is 16.7 Å². The van der Waals surface area contributed by atoms with Gasteiger partial charge in [0, 0.05) is 5.69 Å². The number of aliphatic carboxylic acids is 1. The van der Waals surface area contributed by atoms with Crippen LogP contribution in [-0.4, -0.2) is 17.1 Å². The molecule has 0 saturated heterocycles. The van der Waals surface area contributed by atoms with Crippen molar-refractivity contribution >= 4 is 35.0 Å². The number of para-hydroxylation sites is 1. The summed E-state index contributed by atoms with van der Waals surface area (Å²) in [4.78, 5) is 22.4. The summed E-state index contributed by atoms with van der Waals surface area (Å²) < 4.78 is 13.5. The summed E-state index contributed by atoms with van der Waals surface area (Å²) in [6.45, 7) is 0. The van der Waals surface area contributed by atoms with Crippen molar-refractivity contribution in [2.75, 3.05) is 10.6 Å². The van der Waals surface area contributed by atoms with Crippen molar-refractivity contribution in [3.63, 3.8) is 0 Å². The van der Waals surface area contributed by atoms with E-state index in [2.05, 4.69) is 10.6 Å². The standard InChI is InChI=1S/C15H12ClFN2O3/c16-11-2-1-3-12(17)14(11)19-15(22)18-10-6-4-9(5-7-10)8-13(20)21/h1-7H,8H2,(H,20,21)(H2,18,19,22). The van der Waals surface area contributed by atoms with Crippen LogP contribution in [0, 0.1) is 5.82 Å². The highest BCUT2D eigenvalue weighted by Gasteiger charge is 2.10. The van der Waals surface area contributed by atoms with Crippen LogP contribution in [0.4, 0.5) is 20.6 Å². The first-order valence-electron chi connectivity index (χ1n) is 6.28. The van der Waals surface area contributed by atoms with Gasteiger partial charge in [0.15, 0.2) is 0 Å². The highest BCUT2D eigenvalue weighted by Crippen LogP contribution is 2.24. The Labute approximate surface area is 130 Å². The lowest BCUT2D eigenvalue weighted by molar-refractivity contribution is -0.136. The molecule has 5 nitrogen and oxygen atoms in total. The molecule has 0 saturated carbocycles. The van der Waals surface area contributed by atoms with Crippen LogP contribution < -0.4 is 10.6 Å². The van der Waals surface area contributed by atoms with Crippen LogP contribution in [0.3, 0.4) is 0 Å². The van der Waals surface area contributed by atoms with E-state index in [9.17, 15) is 14.0 Å². The van der Waals surface area contributed by atoms with Gasteiger partial charge in [-0.1, -0.05) is 29.8 Å². The lowest BCUT2D eigenvalue weighted by Crippen LogP contribution is -2.20. The van der Waals surface area contributed by atoms with Gasteiger partial charge in [0.25, 0.3) is 0 Å². The predicted octanol–water partition coefficient (Wildman–Crippen LogP) is 3.75. The van der Waals surface area contributed by atoms with Crippen molar-refractivity contribution < 1.29 is 19.1 Å². The number of hydrogen-bond donors (Lipinski definition) is 3. The highest BCUT2D eigenvalue weighted by atomic mass is 35.5. The van der Waals surface area contributed by atoms with Crippen molar-refractivity contribution in [1.82, 2.24) is 0 Å². The third-order valence-electron chi connectivity index (χ3n) is 2.77. The Bertz CT molecular complexity index is 684. The molecule has 2 amide bonds. The number of halogens is 2. The maximum atomic E-state index is 13.5. The molecule has 0 spiro atoms. The van der Waals surface area contributed by atoms with Crippen LogP contribution in [-0.2, 0) is 11.2 Å². The Hall–Kier alpha value is -2.60. The number of amides is 2. The minimum absolute atomic E-state index is 0.0898. The van der Waals surface area contributed by atoms with E-state index >= 15 is 0 Å². The molecule has 7 heteroatoms. The van der Waals surface area contributed by atoms with E-state index in [1.165, 1.54) is 18.2 Å². The van der Waals surface area contributed by atoms with E-state index in [-0.39, 0.29) is 17.1 Å². The number of rotatable bonds is 4. The molecular weight excluding hydrogens is 311 g/mol. The first-order valence-corrected chi connectivity index (χ1v) is 6.66. The van der Waals surface area contributed by atoms with Crippen molar-refractivity contribution in [3.8, 4) is 0 Å². The fourth-order valence-electron chi connectivity index (χ4n) is 1.77. The van der Waals surface area contributed by atoms with E-state index in [1.807, 2.05) is 0 Å². The zero-order valence-electron chi connectivity index (χ0n) is 11.3. The molecule has 0 heterocycles. The highest BCUT2D eigenvalue weighted by molar-refractivity contribution is 6.33. The number of carbonyl (C=O) groups is 2. The Morgan fingerprint density at radius 1 is 1.09 bits per heavy atom. The smallest absolute Gasteiger partial charge is 0.323 e. The minimum Gasteiger partial charge on any atom is -0.481 e. The number of urea groups is 1. The fourth-order valence-corrected chi connectivity index (χ4v) is 1.98. The second-order valence-corrected chi connectivity index (χ2v) is 4.85. The minimum atomic E-state index is -0.937. The van der Waals surface area contributed by atoms with E-state index < -0.39 is 17.8 Å². The molecule has 0 atom stereocenters. The molecule has 2 rings (SSSR count). The number of carbonyl (C=O) groups excluding carboxylic acids is 1. The number of anilines is 2. The van der Waals surface area contributed by atoms with Gasteiger partial charge < -0.3 is 15.7 Å². The Morgan fingerprint density at radius 3 is 2.36 bits per heavy atom. The number of benzene rings is 2. The average Bonchev–Trinajstić information content (AvgIpc) is 2.45. The predicted molar refractivity (Wildman–Crippen MR) is 81.8 cm³/mol. The van der Waals surface area contributed by atoms with E-state index in [1.54, 1.807) is 24.3 Å². The lowest BCUT2D eigenvalue weighted by Gasteiger charge is -2.10. The van der Waals surface area contributed by atoms with Gasteiger partial charge in [0.05, 0.1) is 17.1 Å². The molecule has 0 bridgehead atoms. The first-order chi connectivity index (χ1) is 10.5. The topological polar surface area (TPSA) is 78.4 Å². The fraction of sp³-hybridized carbons (Fsp3) is 0.0667. The summed E-state index contributed by atoms with van der Waals surface area (Å²) in [7, 11) is 0. The first kappa shape index (κ1) is 15.8. The molecule has 0 aliphatic carbocycles. The van der Waals surface area contributed by atoms with Crippen LogP contribution in [0.5, 0.6) is 0 Å². The molecule has 0 unspecified atom stereocenters. The molecule has 22 heavy (non-hydrogen) atoms. The Kier molecular flexibility index (Phi) is 4.95. The second kappa shape index (κ2) is 6.91. The van der Waals surface area contributed by atoms with Gasteiger partial charge in [-0.05, 0) is 29.8 Å².